The minimum atomic E-state index is -0.548. The third kappa shape index (κ3) is 4.98. The van der Waals surface area contributed by atoms with Crippen LogP contribution in [0.2, 0.25) is 0 Å². The van der Waals surface area contributed by atoms with Gasteiger partial charge in [0.2, 0.25) is 0 Å². The van der Waals surface area contributed by atoms with Crippen LogP contribution in [0.1, 0.15) is 45.6 Å². The molecule has 0 spiro atoms. The molecule has 23 heavy (non-hydrogen) atoms. The van der Waals surface area contributed by atoms with Crippen molar-refractivity contribution in [2.24, 2.45) is 0 Å². The van der Waals surface area contributed by atoms with Crippen molar-refractivity contribution >= 4 is 17.7 Å². The van der Waals surface area contributed by atoms with Crippen molar-refractivity contribution in [2.75, 3.05) is 11.9 Å². The average Bonchev–Trinajstić information content (AvgIpc) is 2.48. The molecular formula is C18H26N2O3. The van der Waals surface area contributed by atoms with E-state index >= 15 is 0 Å². The van der Waals surface area contributed by atoms with Crippen LogP contribution in [0.15, 0.2) is 24.3 Å². The molecule has 1 heterocycles. The third-order valence-electron chi connectivity index (χ3n) is 3.75. The van der Waals surface area contributed by atoms with Gasteiger partial charge in [0, 0.05) is 12.2 Å². The van der Waals surface area contributed by atoms with E-state index in [1.807, 2.05) is 52.0 Å². The van der Waals surface area contributed by atoms with Crippen LogP contribution in [0, 0.1) is 6.92 Å². The average molecular weight is 318 g/mol. The van der Waals surface area contributed by atoms with E-state index in [1.54, 1.807) is 4.90 Å². The van der Waals surface area contributed by atoms with Gasteiger partial charge < -0.3 is 15.0 Å². The molecule has 1 fully saturated rings. The zero-order chi connectivity index (χ0) is 17.0. The van der Waals surface area contributed by atoms with E-state index in [-0.39, 0.29) is 12.0 Å². The van der Waals surface area contributed by atoms with Crippen LogP contribution < -0.4 is 5.32 Å². The number of nitrogens with zero attached hydrogens (tertiary/aromatic N) is 1. The van der Waals surface area contributed by atoms with E-state index in [0.29, 0.717) is 13.0 Å². The van der Waals surface area contributed by atoms with Crippen LogP contribution in [0.3, 0.4) is 0 Å². The summed E-state index contributed by atoms with van der Waals surface area (Å²) >= 11 is 0. The molecule has 2 rings (SSSR count). The molecule has 2 amide bonds. The van der Waals surface area contributed by atoms with Gasteiger partial charge in [0.15, 0.2) is 0 Å². The minimum Gasteiger partial charge on any atom is -0.458 e. The first-order valence-electron chi connectivity index (χ1n) is 8.13. The molecule has 0 saturated carbocycles. The molecule has 0 aromatic heterocycles. The number of nitrogens with one attached hydrogen (secondary N) is 1. The highest BCUT2D eigenvalue weighted by molar-refractivity contribution is 5.92. The normalized spacial score (nSPS) is 18.4. The molecule has 126 valence electrons. The molecule has 1 aliphatic rings. The molecule has 1 aromatic rings. The number of urea groups is 1. The Labute approximate surface area is 138 Å². The van der Waals surface area contributed by atoms with Crippen molar-refractivity contribution in [1.82, 2.24) is 4.90 Å². The van der Waals surface area contributed by atoms with Crippen molar-refractivity contribution in [3.63, 3.8) is 0 Å². The Morgan fingerprint density at radius 2 is 1.83 bits per heavy atom. The predicted molar refractivity (Wildman–Crippen MR) is 90.4 cm³/mol. The summed E-state index contributed by atoms with van der Waals surface area (Å²) in [5.74, 6) is -0.323. The van der Waals surface area contributed by atoms with Crippen molar-refractivity contribution in [2.45, 2.75) is 58.6 Å². The Morgan fingerprint density at radius 3 is 2.43 bits per heavy atom. The second kappa shape index (κ2) is 7.02. The summed E-state index contributed by atoms with van der Waals surface area (Å²) in [5, 5.41) is 2.87. The second-order valence-corrected chi connectivity index (χ2v) is 7.03. The second-order valence-electron chi connectivity index (χ2n) is 7.03. The number of benzene rings is 1. The standard InChI is InChI=1S/C18H26N2O3/c1-13-8-10-14(11-9-13)19-17(22)20-12-6-5-7-15(20)16(21)23-18(2,3)4/h8-11,15H,5-7,12H2,1-4H3,(H,19,22). The number of hydrogen-bond donors (Lipinski definition) is 1. The smallest absolute Gasteiger partial charge is 0.329 e. The third-order valence-corrected chi connectivity index (χ3v) is 3.75. The molecule has 1 aliphatic heterocycles. The fraction of sp³-hybridized carbons (Fsp3) is 0.556. The molecule has 0 radical (unpaired) electrons. The lowest BCUT2D eigenvalue weighted by Crippen LogP contribution is -2.51. The van der Waals surface area contributed by atoms with Gasteiger partial charge in [0.05, 0.1) is 0 Å². The topological polar surface area (TPSA) is 58.6 Å². The van der Waals surface area contributed by atoms with Crippen LogP contribution in [-0.4, -0.2) is 35.1 Å². The lowest BCUT2D eigenvalue weighted by molar-refractivity contribution is -0.161. The van der Waals surface area contributed by atoms with Gasteiger partial charge in [-0.3, -0.25) is 0 Å². The minimum absolute atomic E-state index is 0.246. The Kier molecular flexibility index (Phi) is 5.29. The number of rotatable bonds is 2. The van der Waals surface area contributed by atoms with Crippen LogP contribution in [0.5, 0.6) is 0 Å². The Bertz CT molecular complexity index is 561. The Balaban J connectivity index is 2.06. The molecule has 0 bridgehead atoms. The van der Waals surface area contributed by atoms with E-state index in [2.05, 4.69) is 5.32 Å². The van der Waals surface area contributed by atoms with E-state index in [4.69, 9.17) is 4.74 Å². The summed E-state index contributed by atoms with van der Waals surface area (Å²) in [4.78, 5) is 26.5. The van der Waals surface area contributed by atoms with Gasteiger partial charge in [-0.25, -0.2) is 9.59 Å². The SMILES string of the molecule is Cc1ccc(NC(=O)N2CCCCC2C(=O)OC(C)(C)C)cc1. The quantitative estimate of drug-likeness (QED) is 0.845. The maximum atomic E-state index is 12.5. The summed E-state index contributed by atoms with van der Waals surface area (Å²) in [6, 6.07) is 6.85. The Morgan fingerprint density at radius 1 is 1.17 bits per heavy atom. The number of likely N-dealkylation sites (tertiary alicyclic amines) is 1. The number of aryl methyl sites for hydroxylation is 1. The number of esters is 1. The number of piperidine rings is 1. The highest BCUT2D eigenvalue weighted by atomic mass is 16.6. The molecular weight excluding hydrogens is 292 g/mol. The zero-order valence-corrected chi connectivity index (χ0v) is 14.4. The van der Waals surface area contributed by atoms with E-state index in [1.165, 1.54) is 0 Å². The number of carbonyl (C=O) groups is 2. The lowest BCUT2D eigenvalue weighted by atomic mass is 10.0. The Hall–Kier alpha value is -2.04. The van der Waals surface area contributed by atoms with Gasteiger partial charge in [0.25, 0.3) is 0 Å². The van der Waals surface area contributed by atoms with Gasteiger partial charge in [-0.15, -0.1) is 0 Å². The summed E-state index contributed by atoms with van der Waals surface area (Å²) in [6.45, 7) is 8.08. The number of carbonyl (C=O) groups excluding carboxylic acids is 2. The van der Waals surface area contributed by atoms with Crippen molar-refractivity contribution < 1.29 is 14.3 Å². The van der Waals surface area contributed by atoms with Gasteiger partial charge in [0.1, 0.15) is 11.6 Å². The molecule has 1 aromatic carbocycles. The van der Waals surface area contributed by atoms with E-state index in [0.717, 1.165) is 24.1 Å². The first-order chi connectivity index (χ1) is 10.8. The molecule has 5 heteroatoms. The van der Waals surface area contributed by atoms with Gasteiger partial charge in [-0.05, 0) is 59.1 Å². The zero-order valence-electron chi connectivity index (χ0n) is 14.4. The van der Waals surface area contributed by atoms with Crippen LogP contribution in [-0.2, 0) is 9.53 Å². The van der Waals surface area contributed by atoms with Crippen molar-refractivity contribution in [1.29, 1.82) is 0 Å². The highest BCUT2D eigenvalue weighted by Crippen LogP contribution is 2.22. The predicted octanol–water partition coefficient (Wildman–Crippen LogP) is 3.72. The first-order valence-corrected chi connectivity index (χ1v) is 8.13. The number of anilines is 1. The molecule has 1 saturated heterocycles. The van der Waals surface area contributed by atoms with Crippen molar-refractivity contribution in [3.8, 4) is 0 Å². The first kappa shape index (κ1) is 17.3. The maximum Gasteiger partial charge on any atom is 0.329 e. The summed E-state index contributed by atoms with van der Waals surface area (Å²) in [7, 11) is 0. The highest BCUT2D eigenvalue weighted by Gasteiger charge is 2.35. The molecule has 1 N–H and O–H groups in total. The fourth-order valence-corrected chi connectivity index (χ4v) is 2.62. The molecule has 1 unspecified atom stereocenters. The summed E-state index contributed by atoms with van der Waals surface area (Å²) < 4.78 is 5.46. The van der Waals surface area contributed by atoms with Crippen LogP contribution in [0.25, 0.3) is 0 Å². The lowest BCUT2D eigenvalue weighted by Gasteiger charge is -2.35. The summed E-state index contributed by atoms with van der Waals surface area (Å²) in [5.41, 5.74) is 1.31. The van der Waals surface area contributed by atoms with E-state index < -0.39 is 11.6 Å². The fourth-order valence-electron chi connectivity index (χ4n) is 2.62. The molecule has 1 atom stereocenters. The maximum absolute atomic E-state index is 12.5. The van der Waals surface area contributed by atoms with Crippen LogP contribution in [0.4, 0.5) is 10.5 Å². The largest absolute Gasteiger partial charge is 0.458 e. The number of amides is 2. The molecule has 5 nitrogen and oxygen atoms in total. The molecule has 0 aliphatic carbocycles. The summed E-state index contributed by atoms with van der Waals surface area (Å²) in [6.07, 6.45) is 2.48. The van der Waals surface area contributed by atoms with Gasteiger partial charge in [-0.1, -0.05) is 17.7 Å². The van der Waals surface area contributed by atoms with Crippen molar-refractivity contribution in [3.05, 3.63) is 29.8 Å². The van der Waals surface area contributed by atoms with Gasteiger partial charge >= 0.3 is 12.0 Å². The number of hydrogen-bond acceptors (Lipinski definition) is 3. The monoisotopic (exact) mass is 318 g/mol. The van der Waals surface area contributed by atoms with Crippen LogP contribution >= 0.6 is 0 Å². The van der Waals surface area contributed by atoms with E-state index in [9.17, 15) is 9.59 Å². The van der Waals surface area contributed by atoms with Gasteiger partial charge in [-0.2, -0.15) is 0 Å². The number of ether oxygens (including phenoxy) is 1.